The molecule has 1 aliphatic heterocycles. The number of aromatic nitrogens is 1. The third kappa shape index (κ3) is 4.18. The molecule has 0 amide bonds. The number of nitrogens with zero attached hydrogens (tertiary/aromatic N) is 3. The number of nitrogens with one attached hydrogen (secondary N) is 1. The highest BCUT2D eigenvalue weighted by atomic mass is 32.1. The molecule has 2 atom stereocenters. The van der Waals surface area contributed by atoms with E-state index in [1.54, 1.807) is 11.3 Å². The van der Waals surface area contributed by atoms with Gasteiger partial charge in [-0.15, -0.1) is 11.3 Å². The van der Waals surface area contributed by atoms with E-state index in [4.69, 9.17) is 4.98 Å². The van der Waals surface area contributed by atoms with E-state index in [1.165, 1.54) is 23.7 Å². The second-order valence-electron chi connectivity index (χ2n) is 5.84. The molecule has 0 spiro atoms. The minimum absolute atomic E-state index is 0.358. The van der Waals surface area contributed by atoms with Gasteiger partial charge in [-0.1, -0.05) is 20.8 Å². The average molecular weight is 311 g/mol. The summed E-state index contributed by atoms with van der Waals surface area (Å²) in [7, 11) is 0. The van der Waals surface area contributed by atoms with Gasteiger partial charge in [0.15, 0.2) is 5.13 Å². The summed E-state index contributed by atoms with van der Waals surface area (Å²) >= 11 is 1.79. The summed E-state index contributed by atoms with van der Waals surface area (Å²) in [5.41, 5.74) is 1.19. The maximum Gasteiger partial charge on any atom is 0.185 e. The predicted molar refractivity (Wildman–Crippen MR) is 92.4 cm³/mol. The van der Waals surface area contributed by atoms with E-state index in [1.807, 2.05) is 0 Å². The largest absolute Gasteiger partial charge is 0.346 e. The maximum absolute atomic E-state index is 4.85. The van der Waals surface area contributed by atoms with Gasteiger partial charge in [0.1, 0.15) is 0 Å². The van der Waals surface area contributed by atoms with Crippen LogP contribution in [0.15, 0.2) is 5.38 Å². The molecule has 0 aliphatic carbocycles. The second kappa shape index (κ2) is 8.11. The molecule has 4 nitrogen and oxygen atoms in total. The van der Waals surface area contributed by atoms with Crippen LogP contribution >= 0.6 is 11.3 Å². The van der Waals surface area contributed by atoms with Gasteiger partial charge in [-0.2, -0.15) is 0 Å². The molecule has 2 unspecified atom stereocenters. The molecular weight excluding hydrogens is 280 g/mol. The molecule has 1 saturated heterocycles. The van der Waals surface area contributed by atoms with Crippen molar-refractivity contribution >= 4 is 16.5 Å². The van der Waals surface area contributed by atoms with Crippen molar-refractivity contribution in [1.82, 2.24) is 15.2 Å². The van der Waals surface area contributed by atoms with E-state index >= 15 is 0 Å². The van der Waals surface area contributed by atoms with E-state index in [2.05, 4.69) is 48.2 Å². The Bertz CT molecular complexity index is 416. The fraction of sp³-hybridized carbons (Fsp3) is 0.812. The summed E-state index contributed by atoms with van der Waals surface area (Å²) in [5.74, 6) is 0. The van der Waals surface area contributed by atoms with Gasteiger partial charge in [0.2, 0.25) is 0 Å². The lowest BCUT2D eigenvalue weighted by Crippen LogP contribution is -2.37. The van der Waals surface area contributed by atoms with E-state index in [-0.39, 0.29) is 0 Å². The van der Waals surface area contributed by atoms with Gasteiger partial charge in [0.05, 0.1) is 5.69 Å². The second-order valence-corrected chi connectivity index (χ2v) is 6.68. The van der Waals surface area contributed by atoms with Crippen LogP contribution in [0.25, 0.3) is 0 Å². The molecule has 0 radical (unpaired) electrons. The Balaban J connectivity index is 1.93. The molecule has 21 heavy (non-hydrogen) atoms. The van der Waals surface area contributed by atoms with Crippen LogP contribution in [-0.2, 0) is 0 Å². The van der Waals surface area contributed by atoms with Gasteiger partial charge in [0.25, 0.3) is 0 Å². The van der Waals surface area contributed by atoms with Crippen LogP contribution in [0, 0.1) is 0 Å². The van der Waals surface area contributed by atoms with Crippen molar-refractivity contribution in [2.75, 3.05) is 37.6 Å². The SMILES string of the molecule is CCCNC(C)c1csc(N2CCC(N(CC)CC)C2)n1. The van der Waals surface area contributed by atoms with Crippen LogP contribution in [0.4, 0.5) is 5.13 Å². The molecule has 120 valence electrons. The Morgan fingerprint density at radius 1 is 1.43 bits per heavy atom. The first-order valence-corrected chi connectivity index (χ1v) is 9.25. The van der Waals surface area contributed by atoms with Crippen molar-refractivity contribution in [3.63, 3.8) is 0 Å². The van der Waals surface area contributed by atoms with E-state index in [0.29, 0.717) is 12.1 Å². The highest BCUT2D eigenvalue weighted by Gasteiger charge is 2.28. The zero-order valence-corrected chi connectivity index (χ0v) is 14.7. The normalized spacial score (nSPS) is 20.4. The fourth-order valence-electron chi connectivity index (χ4n) is 3.04. The molecule has 1 aromatic heterocycles. The third-order valence-corrected chi connectivity index (χ3v) is 5.34. The summed E-state index contributed by atoms with van der Waals surface area (Å²) in [6.07, 6.45) is 2.43. The molecule has 1 N–H and O–H groups in total. The first-order chi connectivity index (χ1) is 10.2. The number of anilines is 1. The highest BCUT2D eigenvalue weighted by Crippen LogP contribution is 2.28. The van der Waals surface area contributed by atoms with Gasteiger partial charge in [-0.05, 0) is 39.4 Å². The Morgan fingerprint density at radius 3 is 2.86 bits per heavy atom. The van der Waals surface area contributed by atoms with Crippen LogP contribution in [0.5, 0.6) is 0 Å². The Hall–Kier alpha value is -0.650. The van der Waals surface area contributed by atoms with Gasteiger partial charge in [-0.25, -0.2) is 4.98 Å². The lowest BCUT2D eigenvalue weighted by Gasteiger charge is -2.25. The molecule has 5 heteroatoms. The summed E-state index contributed by atoms with van der Waals surface area (Å²) in [6.45, 7) is 14.6. The Labute approximate surface area is 133 Å². The van der Waals surface area contributed by atoms with Gasteiger partial charge in [-0.3, -0.25) is 4.90 Å². The van der Waals surface area contributed by atoms with E-state index < -0.39 is 0 Å². The summed E-state index contributed by atoms with van der Waals surface area (Å²) < 4.78 is 0. The van der Waals surface area contributed by atoms with Crippen molar-refractivity contribution in [3.8, 4) is 0 Å². The smallest absolute Gasteiger partial charge is 0.185 e. The monoisotopic (exact) mass is 310 g/mol. The molecule has 0 bridgehead atoms. The first-order valence-electron chi connectivity index (χ1n) is 8.37. The molecule has 1 aliphatic rings. The van der Waals surface area contributed by atoms with E-state index in [0.717, 1.165) is 32.7 Å². The summed E-state index contributed by atoms with van der Waals surface area (Å²) in [6, 6.07) is 1.05. The highest BCUT2D eigenvalue weighted by molar-refractivity contribution is 7.13. The number of rotatable bonds is 8. The topological polar surface area (TPSA) is 31.4 Å². The summed E-state index contributed by atoms with van der Waals surface area (Å²) in [5, 5.41) is 6.93. The number of likely N-dealkylation sites (N-methyl/N-ethyl adjacent to an activating group) is 1. The Morgan fingerprint density at radius 2 is 2.19 bits per heavy atom. The van der Waals surface area contributed by atoms with Gasteiger partial charge in [0, 0.05) is 30.6 Å². The van der Waals surface area contributed by atoms with Crippen molar-refractivity contribution in [1.29, 1.82) is 0 Å². The predicted octanol–water partition coefficient (Wildman–Crippen LogP) is 3.12. The Kier molecular flexibility index (Phi) is 6.45. The van der Waals surface area contributed by atoms with Crippen LogP contribution in [0.1, 0.15) is 52.3 Å². The first kappa shape index (κ1) is 16.7. The van der Waals surface area contributed by atoms with Crippen LogP contribution < -0.4 is 10.2 Å². The maximum atomic E-state index is 4.85. The lowest BCUT2D eigenvalue weighted by molar-refractivity contribution is 0.232. The molecule has 0 aromatic carbocycles. The van der Waals surface area contributed by atoms with E-state index in [9.17, 15) is 0 Å². The fourth-order valence-corrected chi connectivity index (χ4v) is 4.00. The van der Waals surface area contributed by atoms with Gasteiger partial charge < -0.3 is 10.2 Å². The third-order valence-electron chi connectivity index (χ3n) is 4.42. The molecule has 0 saturated carbocycles. The number of thiazole rings is 1. The quantitative estimate of drug-likeness (QED) is 0.799. The summed E-state index contributed by atoms with van der Waals surface area (Å²) in [4.78, 5) is 9.89. The van der Waals surface area contributed by atoms with Crippen LogP contribution in [-0.4, -0.2) is 48.6 Å². The zero-order chi connectivity index (χ0) is 15.2. The molecule has 2 rings (SSSR count). The molecule has 1 fully saturated rings. The minimum atomic E-state index is 0.358. The number of hydrogen-bond donors (Lipinski definition) is 1. The van der Waals surface area contributed by atoms with Crippen molar-refractivity contribution in [2.24, 2.45) is 0 Å². The minimum Gasteiger partial charge on any atom is -0.346 e. The molecule has 1 aromatic rings. The van der Waals surface area contributed by atoms with Gasteiger partial charge >= 0.3 is 0 Å². The van der Waals surface area contributed by atoms with Crippen molar-refractivity contribution in [2.45, 2.75) is 52.6 Å². The van der Waals surface area contributed by atoms with Crippen molar-refractivity contribution < 1.29 is 0 Å². The van der Waals surface area contributed by atoms with Crippen LogP contribution in [0.3, 0.4) is 0 Å². The molecular formula is C16H30N4S. The molecule has 2 heterocycles. The zero-order valence-electron chi connectivity index (χ0n) is 13.9. The average Bonchev–Trinajstić information content (AvgIpc) is 3.15. The standard InChI is InChI=1S/C16H30N4S/c1-5-9-17-13(4)15-12-21-16(18-15)20-10-8-14(11-20)19(6-2)7-3/h12-14,17H,5-11H2,1-4H3. The number of hydrogen-bond acceptors (Lipinski definition) is 5. The van der Waals surface area contributed by atoms with Crippen molar-refractivity contribution in [3.05, 3.63) is 11.1 Å². The van der Waals surface area contributed by atoms with Crippen LogP contribution in [0.2, 0.25) is 0 Å². The lowest BCUT2D eigenvalue weighted by atomic mass is 10.2.